The molecule has 6 heteroatoms. The van der Waals surface area contributed by atoms with Crippen molar-refractivity contribution in [2.24, 2.45) is 5.92 Å². The Bertz CT molecular complexity index is 619. The van der Waals surface area contributed by atoms with E-state index in [1.807, 2.05) is 30.3 Å². The van der Waals surface area contributed by atoms with Crippen LogP contribution in [-0.2, 0) is 16.0 Å². The average Bonchev–Trinajstić information content (AvgIpc) is 2.60. The third kappa shape index (κ3) is 5.54. The van der Waals surface area contributed by atoms with Crippen LogP contribution < -0.4 is 5.32 Å². The van der Waals surface area contributed by atoms with Gasteiger partial charge in [0, 0.05) is 31.1 Å². The molecular weight excluding hydrogens is 326 g/mol. The molecule has 1 aromatic carbocycles. The number of carbonyl (C=O) groups is 2. The fourth-order valence-corrected chi connectivity index (χ4v) is 3.09. The first kappa shape index (κ1) is 18.3. The zero-order valence-electron chi connectivity index (χ0n) is 13.6. The fourth-order valence-electron chi connectivity index (χ4n) is 2.86. The molecule has 0 bridgehead atoms. The van der Waals surface area contributed by atoms with Crippen molar-refractivity contribution in [3.63, 3.8) is 0 Å². The second kappa shape index (κ2) is 9.29. The Morgan fingerprint density at radius 2 is 2.00 bits per heavy atom. The number of hydrogen-bond acceptors (Lipinski definition) is 3. The molecular formula is C18H22ClN3O2. The van der Waals surface area contributed by atoms with Crippen molar-refractivity contribution in [1.29, 1.82) is 5.26 Å². The highest BCUT2D eigenvalue weighted by molar-refractivity contribution is 6.31. The molecule has 2 amide bonds. The maximum atomic E-state index is 12.0. The third-order valence-electron chi connectivity index (χ3n) is 4.36. The van der Waals surface area contributed by atoms with Crippen LogP contribution in [0.25, 0.3) is 0 Å². The quantitative estimate of drug-likeness (QED) is 0.859. The molecule has 2 rings (SSSR count). The van der Waals surface area contributed by atoms with Gasteiger partial charge < -0.3 is 10.2 Å². The molecule has 128 valence electrons. The van der Waals surface area contributed by atoms with Crippen LogP contribution in [0.1, 0.15) is 31.2 Å². The first-order valence-electron chi connectivity index (χ1n) is 8.25. The van der Waals surface area contributed by atoms with E-state index in [1.54, 1.807) is 4.90 Å². The number of nitriles is 1. The minimum Gasteiger partial charge on any atom is -0.356 e. The highest BCUT2D eigenvalue weighted by Gasteiger charge is 2.22. The van der Waals surface area contributed by atoms with E-state index in [4.69, 9.17) is 16.9 Å². The summed E-state index contributed by atoms with van der Waals surface area (Å²) in [4.78, 5) is 25.3. The molecule has 1 aromatic rings. The number of benzene rings is 1. The van der Waals surface area contributed by atoms with Crippen LogP contribution >= 0.6 is 11.6 Å². The minimum absolute atomic E-state index is 0.0258. The van der Waals surface area contributed by atoms with Gasteiger partial charge in [0.15, 0.2) is 0 Å². The molecule has 0 atom stereocenters. The highest BCUT2D eigenvalue weighted by Crippen LogP contribution is 2.18. The Morgan fingerprint density at radius 1 is 1.29 bits per heavy atom. The van der Waals surface area contributed by atoms with E-state index in [1.165, 1.54) is 0 Å². The summed E-state index contributed by atoms with van der Waals surface area (Å²) in [7, 11) is 0. The smallest absolute Gasteiger partial charge is 0.236 e. The maximum absolute atomic E-state index is 12.0. The van der Waals surface area contributed by atoms with E-state index in [9.17, 15) is 9.59 Å². The minimum atomic E-state index is -0.0975. The zero-order chi connectivity index (χ0) is 17.4. The van der Waals surface area contributed by atoms with Crippen molar-refractivity contribution >= 4 is 23.4 Å². The molecule has 1 fully saturated rings. The Labute approximate surface area is 147 Å². The fraction of sp³-hybridized carbons (Fsp3) is 0.500. The normalized spacial score (nSPS) is 14.9. The van der Waals surface area contributed by atoms with Gasteiger partial charge in [-0.25, -0.2) is 0 Å². The van der Waals surface area contributed by atoms with Gasteiger partial charge in [0.05, 0.1) is 6.07 Å². The van der Waals surface area contributed by atoms with Crippen molar-refractivity contribution in [3.05, 3.63) is 34.9 Å². The number of carbonyl (C=O) groups excluding carboxylic acids is 2. The van der Waals surface area contributed by atoms with Crippen LogP contribution in [0.15, 0.2) is 24.3 Å². The molecule has 0 unspecified atom stereocenters. The Balaban J connectivity index is 1.65. The largest absolute Gasteiger partial charge is 0.356 e. The summed E-state index contributed by atoms with van der Waals surface area (Å²) in [6.45, 7) is 1.98. The summed E-state index contributed by atoms with van der Waals surface area (Å²) in [5.41, 5.74) is 0.985. The molecule has 0 aromatic heterocycles. The number of amides is 2. The second-order valence-corrected chi connectivity index (χ2v) is 6.46. The average molecular weight is 348 g/mol. The Morgan fingerprint density at radius 3 is 2.67 bits per heavy atom. The van der Waals surface area contributed by atoms with Gasteiger partial charge in [0.2, 0.25) is 11.8 Å². The van der Waals surface area contributed by atoms with Gasteiger partial charge in [-0.05, 0) is 36.8 Å². The number of aryl methyl sites for hydroxylation is 1. The molecule has 1 aliphatic heterocycles. The predicted octanol–water partition coefficient (Wildman–Crippen LogP) is 2.54. The lowest BCUT2D eigenvalue weighted by Crippen LogP contribution is -2.41. The number of likely N-dealkylation sites (tertiary alicyclic amines) is 1. The van der Waals surface area contributed by atoms with E-state index in [-0.39, 0.29) is 18.2 Å². The molecule has 1 saturated heterocycles. The molecule has 0 radical (unpaired) electrons. The maximum Gasteiger partial charge on any atom is 0.236 e. The number of piperidine rings is 1. The number of halogens is 1. The third-order valence-corrected chi connectivity index (χ3v) is 4.73. The first-order chi connectivity index (χ1) is 11.6. The summed E-state index contributed by atoms with van der Waals surface area (Å²) in [5.74, 6) is 0.318. The molecule has 1 N–H and O–H groups in total. The Hall–Kier alpha value is -2.06. The molecule has 0 spiro atoms. The Kier molecular flexibility index (Phi) is 7.07. The standard InChI is InChI=1S/C18H22ClN3O2/c19-16-4-2-1-3-15(16)5-6-17(23)21-13-14-8-11-22(12-9-14)18(24)7-10-20/h1-4,14H,5-9,11-13H2,(H,21,23). The topological polar surface area (TPSA) is 73.2 Å². The van der Waals surface area contributed by atoms with Crippen LogP contribution in [-0.4, -0.2) is 36.3 Å². The molecule has 5 nitrogen and oxygen atoms in total. The van der Waals surface area contributed by atoms with Gasteiger partial charge >= 0.3 is 0 Å². The van der Waals surface area contributed by atoms with Crippen molar-refractivity contribution in [2.75, 3.05) is 19.6 Å². The number of rotatable bonds is 6. The van der Waals surface area contributed by atoms with Gasteiger partial charge in [0.25, 0.3) is 0 Å². The van der Waals surface area contributed by atoms with Crippen LogP contribution in [0, 0.1) is 17.2 Å². The first-order valence-corrected chi connectivity index (χ1v) is 8.62. The lowest BCUT2D eigenvalue weighted by Gasteiger charge is -2.31. The van der Waals surface area contributed by atoms with E-state index in [0.717, 1.165) is 18.4 Å². The van der Waals surface area contributed by atoms with Gasteiger partial charge in [0.1, 0.15) is 6.42 Å². The van der Waals surface area contributed by atoms with Crippen LogP contribution in [0.4, 0.5) is 0 Å². The summed E-state index contributed by atoms with van der Waals surface area (Å²) < 4.78 is 0. The predicted molar refractivity (Wildman–Crippen MR) is 92.3 cm³/mol. The van der Waals surface area contributed by atoms with Crippen LogP contribution in [0.3, 0.4) is 0 Å². The highest BCUT2D eigenvalue weighted by atomic mass is 35.5. The summed E-state index contributed by atoms with van der Waals surface area (Å²) in [6, 6.07) is 9.45. The summed E-state index contributed by atoms with van der Waals surface area (Å²) >= 11 is 6.08. The van der Waals surface area contributed by atoms with Crippen molar-refractivity contribution in [3.8, 4) is 6.07 Å². The van der Waals surface area contributed by atoms with E-state index in [2.05, 4.69) is 5.32 Å². The summed E-state index contributed by atoms with van der Waals surface area (Å²) in [6.07, 6.45) is 2.73. The lowest BCUT2D eigenvalue weighted by atomic mass is 9.96. The summed E-state index contributed by atoms with van der Waals surface area (Å²) in [5, 5.41) is 12.2. The molecule has 1 aliphatic rings. The molecule has 0 saturated carbocycles. The zero-order valence-corrected chi connectivity index (χ0v) is 14.4. The van der Waals surface area contributed by atoms with Crippen molar-refractivity contribution < 1.29 is 9.59 Å². The van der Waals surface area contributed by atoms with Gasteiger partial charge in [-0.15, -0.1) is 0 Å². The van der Waals surface area contributed by atoms with Gasteiger partial charge in [-0.3, -0.25) is 9.59 Å². The van der Waals surface area contributed by atoms with E-state index < -0.39 is 0 Å². The van der Waals surface area contributed by atoms with Gasteiger partial charge in [-0.1, -0.05) is 29.8 Å². The van der Waals surface area contributed by atoms with Crippen molar-refractivity contribution in [2.45, 2.75) is 32.1 Å². The second-order valence-electron chi connectivity index (χ2n) is 6.05. The number of nitrogens with zero attached hydrogens (tertiary/aromatic N) is 2. The number of nitrogens with one attached hydrogen (secondary N) is 1. The molecule has 1 heterocycles. The van der Waals surface area contributed by atoms with E-state index >= 15 is 0 Å². The molecule has 0 aliphatic carbocycles. The molecule has 24 heavy (non-hydrogen) atoms. The van der Waals surface area contributed by atoms with Crippen LogP contribution in [0.2, 0.25) is 5.02 Å². The van der Waals surface area contributed by atoms with Gasteiger partial charge in [-0.2, -0.15) is 5.26 Å². The van der Waals surface area contributed by atoms with E-state index in [0.29, 0.717) is 43.4 Å². The lowest BCUT2D eigenvalue weighted by molar-refractivity contribution is -0.131. The number of hydrogen-bond donors (Lipinski definition) is 1. The monoisotopic (exact) mass is 347 g/mol. The van der Waals surface area contributed by atoms with Crippen LogP contribution in [0.5, 0.6) is 0 Å². The SMILES string of the molecule is N#CCC(=O)N1CCC(CNC(=O)CCc2ccccc2Cl)CC1. The van der Waals surface area contributed by atoms with Crippen molar-refractivity contribution in [1.82, 2.24) is 10.2 Å².